The van der Waals surface area contributed by atoms with E-state index in [1.54, 1.807) is 0 Å². The SMILES string of the molecule is CCCCCCCCCC[C@@H](O)C(=O)OCc1ccccc1. The predicted molar refractivity (Wildman–Crippen MR) is 89.5 cm³/mol. The molecule has 3 nitrogen and oxygen atoms in total. The first-order valence-corrected chi connectivity index (χ1v) is 8.62. The van der Waals surface area contributed by atoms with Gasteiger partial charge in [-0.05, 0) is 12.0 Å². The smallest absolute Gasteiger partial charge is 0.335 e. The topological polar surface area (TPSA) is 46.5 Å². The molecule has 0 aliphatic heterocycles. The van der Waals surface area contributed by atoms with Gasteiger partial charge in [-0.3, -0.25) is 0 Å². The van der Waals surface area contributed by atoms with Gasteiger partial charge in [-0.2, -0.15) is 0 Å². The maximum atomic E-state index is 11.7. The Morgan fingerprint density at radius 3 is 2.23 bits per heavy atom. The van der Waals surface area contributed by atoms with E-state index in [0.717, 1.165) is 18.4 Å². The maximum Gasteiger partial charge on any atom is 0.335 e. The van der Waals surface area contributed by atoms with Crippen LogP contribution in [0.3, 0.4) is 0 Å². The molecular formula is C19H30O3. The molecule has 1 rings (SSSR count). The summed E-state index contributed by atoms with van der Waals surface area (Å²) in [5, 5.41) is 9.79. The molecule has 0 amide bonds. The van der Waals surface area contributed by atoms with Crippen LogP contribution in [0.25, 0.3) is 0 Å². The van der Waals surface area contributed by atoms with Crippen LogP contribution in [0.15, 0.2) is 30.3 Å². The largest absolute Gasteiger partial charge is 0.459 e. The normalized spacial score (nSPS) is 12.1. The van der Waals surface area contributed by atoms with Crippen molar-refractivity contribution < 1.29 is 14.6 Å². The summed E-state index contributed by atoms with van der Waals surface area (Å²) >= 11 is 0. The van der Waals surface area contributed by atoms with Crippen molar-refractivity contribution in [3.8, 4) is 0 Å². The number of benzene rings is 1. The lowest BCUT2D eigenvalue weighted by Gasteiger charge is -2.10. The van der Waals surface area contributed by atoms with Crippen molar-refractivity contribution in [1.29, 1.82) is 0 Å². The Labute approximate surface area is 134 Å². The lowest BCUT2D eigenvalue weighted by Crippen LogP contribution is -2.22. The average Bonchev–Trinajstić information content (AvgIpc) is 2.55. The number of aliphatic hydroxyl groups excluding tert-OH is 1. The molecule has 0 bridgehead atoms. The highest BCUT2D eigenvalue weighted by atomic mass is 16.5. The molecule has 1 aromatic rings. The summed E-state index contributed by atoms with van der Waals surface area (Å²) in [5.41, 5.74) is 0.940. The van der Waals surface area contributed by atoms with Crippen molar-refractivity contribution in [2.75, 3.05) is 0 Å². The third-order valence-corrected chi connectivity index (χ3v) is 3.83. The Kier molecular flexibility index (Phi) is 10.4. The lowest BCUT2D eigenvalue weighted by molar-refractivity contribution is -0.155. The lowest BCUT2D eigenvalue weighted by atomic mass is 10.1. The molecule has 1 aromatic carbocycles. The van der Waals surface area contributed by atoms with E-state index >= 15 is 0 Å². The summed E-state index contributed by atoms with van der Waals surface area (Å²) in [5.74, 6) is -0.508. The predicted octanol–water partition coefficient (Wildman–Crippen LogP) is 4.62. The molecule has 0 aromatic heterocycles. The molecule has 1 N–H and O–H groups in total. The number of hydrogen-bond donors (Lipinski definition) is 1. The summed E-state index contributed by atoms with van der Waals surface area (Å²) in [7, 11) is 0. The Morgan fingerprint density at radius 1 is 1.00 bits per heavy atom. The van der Waals surface area contributed by atoms with Crippen LogP contribution in [0, 0.1) is 0 Å². The molecule has 0 unspecified atom stereocenters. The van der Waals surface area contributed by atoms with Gasteiger partial charge >= 0.3 is 5.97 Å². The van der Waals surface area contributed by atoms with Crippen LogP contribution in [0.1, 0.15) is 70.3 Å². The monoisotopic (exact) mass is 306 g/mol. The molecule has 0 saturated heterocycles. The molecule has 0 aliphatic rings. The summed E-state index contributed by atoms with van der Waals surface area (Å²) in [6.07, 6.45) is 9.16. The standard InChI is InChI=1S/C19H30O3/c1-2-3-4-5-6-7-8-12-15-18(20)19(21)22-16-17-13-10-9-11-14-17/h9-11,13-14,18,20H,2-8,12,15-16H2,1H3/t18-/m1/s1. The molecule has 3 heteroatoms. The molecule has 22 heavy (non-hydrogen) atoms. The minimum Gasteiger partial charge on any atom is -0.459 e. The van der Waals surface area contributed by atoms with Gasteiger partial charge in [0.15, 0.2) is 6.10 Å². The van der Waals surface area contributed by atoms with Crippen LogP contribution >= 0.6 is 0 Å². The molecule has 0 spiro atoms. The molecule has 1 atom stereocenters. The van der Waals surface area contributed by atoms with Crippen molar-refractivity contribution in [3.63, 3.8) is 0 Å². The second-order valence-electron chi connectivity index (χ2n) is 5.87. The van der Waals surface area contributed by atoms with Crippen LogP contribution in [0.2, 0.25) is 0 Å². The maximum absolute atomic E-state index is 11.7. The van der Waals surface area contributed by atoms with E-state index in [2.05, 4.69) is 6.92 Å². The Morgan fingerprint density at radius 2 is 1.59 bits per heavy atom. The van der Waals surface area contributed by atoms with Crippen molar-refractivity contribution in [3.05, 3.63) is 35.9 Å². The number of esters is 1. The van der Waals surface area contributed by atoms with Crippen molar-refractivity contribution in [2.24, 2.45) is 0 Å². The van der Waals surface area contributed by atoms with E-state index in [0.29, 0.717) is 6.42 Å². The number of ether oxygens (including phenoxy) is 1. The van der Waals surface area contributed by atoms with Crippen LogP contribution in [0.5, 0.6) is 0 Å². The number of hydrogen-bond acceptors (Lipinski definition) is 3. The van der Waals surface area contributed by atoms with Crippen LogP contribution in [-0.4, -0.2) is 17.2 Å². The Balaban J connectivity index is 2.02. The van der Waals surface area contributed by atoms with Crippen molar-refractivity contribution in [2.45, 2.75) is 77.4 Å². The van der Waals surface area contributed by atoms with Crippen LogP contribution < -0.4 is 0 Å². The van der Waals surface area contributed by atoms with E-state index in [4.69, 9.17) is 4.74 Å². The molecule has 0 aliphatic carbocycles. The summed E-state index contributed by atoms with van der Waals surface area (Å²) in [6.45, 7) is 2.45. The third-order valence-electron chi connectivity index (χ3n) is 3.83. The second kappa shape index (κ2) is 12.2. The highest BCUT2D eigenvalue weighted by molar-refractivity contribution is 5.74. The average molecular weight is 306 g/mol. The molecular weight excluding hydrogens is 276 g/mol. The van der Waals surface area contributed by atoms with Gasteiger partial charge in [0.1, 0.15) is 6.61 Å². The highest BCUT2D eigenvalue weighted by Crippen LogP contribution is 2.11. The van der Waals surface area contributed by atoms with E-state index in [1.165, 1.54) is 38.5 Å². The number of carbonyl (C=O) groups excluding carboxylic acids is 1. The van der Waals surface area contributed by atoms with Gasteiger partial charge in [0.05, 0.1) is 0 Å². The zero-order valence-electron chi connectivity index (χ0n) is 13.8. The van der Waals surface area contributed by atoms with E-state index in [-0.39, 0.29) is 6.61 Å². The van der Waals surface area contributed by atoms with E-state index < -0.39 is 12.1 Å². The molecule has 0 heterocycles. The summed E-state index contributed by atoms with van der Waals surface area (Å²) < 4.78 is 5.12. The van der Waals surface area contributed by atoms with Gasteiger partial charge in [-0.15, -0.1) is 0 Å². The number of unbranched alkanes of at least 4 members (excludes halogenated alkanes) is 7. The van der Waals surface area contributed by atoms with Gasteiger partial charge in [-0.25, -0.2) is 4.79 Å². The van der Waals surface area contributed by atoms with Crippen molar-refractivity contribution in [1.82, 2.24) is 0 Å². The van der Waals surface area contributed by atoms with Crippen molar-refractivity contribution >= 4 is 5.97 Å². The van der Waals surface area contributed by atoms with E-state index in [1.807, 2.05) is 30.3 Å². The van der Waals surface area contributed by atoms with Gasteiger partial charge in [0.2, 0.25) is 0 Å². The van der Waals surface area contributed by atoms with Gasteiger partial charge < -0.3 is 9.84 Å². The van der Waals surface area contributed by atoms with Crippen LogP contribution in [-0.2, 0) is 16.1 Å². The summed E-state index contributed by atoms with van der Waals surface area (Å²) in [6, 6.07) is 9.53. The Bertz CT molecular complexity index is 389. The zero-order valence-corrected chi connectivity index (χ0v) is 13.8. The van der Waals surface area contributed by atoms with Gasteiger partial charge in [0.25, 0.3) is 0 Å². The second-order valence-corrected chi connectivity index (χ2v) is 5.87. The number of rotatable bonds is 12. The zero-order chi connectivity index (χ0) is 16.0. The minimum atomic E-state index is -0.983. The summed E-state index contributed by atoms with van der Waals surface area (Å²) in [4.78, 5) is 11.7. The first-order chi connectivity index (χ1) is 10.7. The van der Waals surface area contributed by atoms with E-state index in [9.17, 15) is 9.90 Å². The van der Waals surface area contributed by atoms with Crippen LogP contribution in [0.4, 0.5) is 0 Å². The third kappa shape index (κ3) is 8.83. The fourth-order valence-electron chi connectivity index (χ4n) is 2.41. The fraction of sp³-hybridized carbons (Fsp3) is 0.632. The first-order valence-electron chi connectivity index (χ1n) is 8.62. The quantitative estimate of drug-likeness (QED) is 0.452. The molecule has 0 fully saturated rings. The number of aliphatic hydroxyl groups is 1. The minimum absolute atomic E-state index is 0.230. The number of carbonyl (C=O) groups is 1. The Hall–Kier alpha value is -1.35. The highest BCUT2D eigenvalue weighted by Gasteiger charge is 2.15. The van der Waals surface area contributed by atoms with Gasteiger partial charge in [-0.1, -0.05) is 88.6 Å². The van der Waals surface area contributed by atoms with Gasteiger partial charge in [0, 0.05) is 0 Å². The molecule has 0 saturated carbocycles. The first kappa shape index (κ1) is 18.7. The molecule has 0 radical (unpaired) electrons. The fourth-order valence-corrected chi connectivity index (χ4v) is 2.41. The molecule has 124 valence electrons.